The molecule has 1 heterocycles. The first-order chi connectivity index (χ1) is 12.8. The third-order valence-electron chi connectivity index (χ3n) is 4.64. The summed E-state index contributed by atoms with van der Waals surface area (Å²) < 4.78 is 5.70. The van der Waals surface area contributed by atoms with Crippen molar-refractivity contribution in [2.24, 2.45) is 0 Å². The van der Waals surface area contributed by atoms with Crippen molar-refractivity contribution >= 4 is 23.8 Å². The van der Waals surface area contributed by atoms with Crippen molar-refractivity contribution in [3.8, 4) is 0 Å². The van der Waals surface area contributed by atoms with Crippen LogP contribution in [-0.2, 0) is 0 Å². The van der Waals surface area contributed by atoms with Crippen molar-refractivity contribution in [3.63, 3.8) is 0 Å². The Hall–Kier alpha value is -2.63. The fourth-order valence-corrected chi connectivity index (χ4v) is 5.89. The molecule has 0 aliphatic carbocycles. The molecule has 0 amide bonds. The van der Waals surface area contributed by atoms with E-state index in [0.717, 1.165) is 5.76 Å². The fraction of sp³-hybridized carbons (Fsp3) is 0.0833. The lowest BCUT2D eigenvalue weighted by Gasteiger charge is -2.24. The van der Waals surface area contributed by atoms with Crippen molar-refractivity contribution in [1.82, 2.24) is 0 Å². The first-order valence-electron chi connectivity index (χ1n) is 8.87. The summed E-state index contributed by atoms with van der Waals surface area (Å²) in [7, 11) is -0.617. The summed E-state index contributed by atoms with van der Waals surface area (Å²) in [5.41, 5.74) is 1.33. The topological polar surface area (TPSA) is 13.1 Å². The number of hydrogen-bond donors (Lipinski definition) is 0. The Bertz CT molecular complexity index is 906. The van der Waals surface area contributed by atoms with Crippen LogP contribution in [-0.4, -0.2) is 0 Å². The van der Waals surface area contributed by atoms with Gasteiger partial charge in [0, 0.05) is 5.92 Å². The van der Waals surface area contributed by atoms with Gasteiger partial charge in [0.1, 0.15) is 5.76 Å². The average Bonchev–Trinajstić information content (AvgIpc) is 3.25. The van der Waals surface area contributed by atoms with E-state index in [1.165, 1.54) is 21.5 Å². The summed E-state index contributed by atoms with van der Waals surface area (Å²) in [4.78, 5) is 0. The molecular formula is C24H21OP. The van der Waals surface area contributed by atoms with Gasteiger partial charge >= 0.3 is 0 Å². The van der Waals surface area contributed by atoms with E-state index in [2.05, 4.69) is 97.9 Å². The van der Waals surface area contributed by atoms with Crippen LogP contribution in [0.3, 0.4) is 0 Å². The summed E-state index contributed by atoms with van der Waals surface area (Å²) in [6.07, 6.45) is 1.76. The molecule has 1 nitrogen and oxygen atoms in total. The molecule has 0 radical (unpaired) electrons. The van der Waals surface area contributed by atoms with Gasteiger partial charge in [-0.1, -0.05) is 91.9 Å². The molecule has 2 heteroatoms. The molecule has 0 saturated carbocycles. The molecule has 4 rings (SSSR count). The molecule has 0 saturated heterocycles. The molecule has 0 aliphatic heterocycles. The van der Waals surface area contributed by atoms with Crippen LogP contribution >= 0.6 is 7.92 Å². The minimum absolute atomic E-state index is 0.221. The van der Waals surface area contributed by atoms with Crippen molar-refractivity contribution in [3.05, 3.63) is 115 Å². The lowest BCUT2D eigenvalue weighted by atomic mass is 9.99. The maximum Gasteiger partial charge on any atom is 0.110 e. The molecule has 1 atom stereocenters. The minimum Gasteiger partial charge on any atom is -0.469 e. The van der Waals surface area contributed by atoms with Crippen LogP contribution in [0.25, 0.3) is 0 Å². The summed E-state index contributed by atoms with van der Waals surface area (Å²) >= 11 is 0. The second kappa shape index (κ2) is 7.72. The van der Waals surface area contributed by atoms with E-state index in [9.17, 15) is 0 Å². The maximum atomic E-state index is 5.70. The normalized spacial score (nSPS) is 12.2. The van der Waals surface area contributed by atoms with E-state index in [1.54, 1.807) is 6.26 Å². The highest BCUT2D eigenvalue weighted by atomic mass is 31.1. The van der Waals surface area contributed by atoms with Crippen LogP contribution in [0.2, 0.25) is 0 Å². The molecule has 26 heavy (non-hydrogen) atoms. The first-order valence-corrected chi connectivity index (χ1v) is 10.2. The predicted octanol–water partition coefficient (Wildman–Crippen LogP) is 5.19. The zero-order chi connectivity index (χ0) is 17.8. The molecule has 3 aromatic carbocycles. The molecule has 128 valence electrons. The fourth-order valence-electron chi connectivity index (χ4n) is 3.33. The van der Waals surface area contributed by atoms with Crippen LogP contribution in [0, 0.1) is 0 Å². The molecule has 0 bridgehead atoms. The zero-order valence-electron chi connectivity index (χ0n) is 14.7. The second-order valence-electron chi connectivity index (χ2n) is 6.30. The SMILES string of the molecule is C[C@H](c1ccco1)c1ccccc1P(c1ccccc1)c1ccccc1. The van der Waals surface area contributed by atoms with E-state index < -0.39 is 7.92 Å². The Morgan fingerprint density at radius 3 is 1.81 bits per heavy atom. The Kier molecular flexibility index (Phi) is 5.00. The number of hydrogen-bond acceptors (Lipinski definition) is 1. The van der Waals surface area contributed by atoms with Gasteiger partial charge < -0.3 is 4.42 Å². The van der Waals surface area contributed by atoms with Crippen LogP contribution in [0.15, 0.2) is 108 Å². The summed E-state index contributed by atoms with van der Waals surface area (Å²) in [6, 6.07) is 34.5. The summed E-state index contributed by atoms with van der Waals surface area (Å²) in [6.45, 7) is 2.22. The lowest BCUT2D eigenvalue weighted by molar-refractivity contribution is 0.496. The molecule has 0 N–H and O–H groups in total. The second-order valence-corrected chi connectivity index (χ2v) is 8.49. The highest BCUT2D eigenvalue weighted by Crippen LogP contribution is 2.37. The van der Waals surface area contributed by atoms with Gasteiger partial charge in [0.25, 0.3) is 0 Å². The van der Waals surface area contributed by atoms with Crippen molar-refractivity contribution < 1.29 is 4.42 Å². The molecule has 0 unspecified atom stereocenters. The van der Waals surface area contributed by atoms with Gasteiger partial charge in [-0.25, -0.2) is 0 Å². The lowest BCUT2D eigenvalue weighted by Crippen LogP contribution is -2.24. The molecule has 1 aromatic heterocycles. The van der Waals surface area contributed by atoms with Crippen molar-refractivity contribution in [2.75, 3.05) is 0 Å². The standard InChI is InChI=1S/C24H21OP/c1-19(23-16-10-18-25-23)22-15-8-9-17-24(22)26(20-11-4-2-5-12-20)21-13-6-3-7-14-21/h2-19H,1H3/t19-/m0/s1. The smallest absolute Gasteiger partial charge is 0.110 e. The number of rotatable bonds is 5. The van der Waals surface area contributed by atoms with Crippen molar-refractivity contribution in [2.45, 2.75) is 12.8 Å². The first kappa shape index (κ1) is 16.8. The van der Waals surface area contributed by atoms with Gasteiger partial charge in [-0.3, -0.25) is 0 Å². The Morgan fingerprint density at radius 2 is 1.23 bits per heavy atom. The number of benzene rings is 3. The quantitative estimate of drug-likeness (QED) is 0.449. The number of furan rings is 1. The van der Waals surface area contributed by atoms with Gasteiger partial charge in [-0.15, -0.1) is 0 Å². The molecule has 0 aliphatic rings. The zero-order valence-corrected chi connectivity index (χ0v) is 15.6. The summed E-state index contributed by atoms with van der Waals surface area (Å²) in [5, 5.41) is 4.13. The molecular weight excluding hydrogens is 335 g/mol. The summed E-state index contributed by atoms with van der Waals surface area (Å²) in [5.74, 6) is 1.23. The third kappa shape index (κ3) is 3.36. The van der Waals surface area contributed by atoms with Gasteiger partial charge in [0.2, 0.25) is 0 Å². The van der Waals surface area contributed by atoms with E-state index in [-0.39, 0.29) is 5.92 Å². The van der Waals surface area contributed by atoms with E-state index in [1.807, 2.05) is 6.07 Å². The van der Waals surface area contributed by atoms with Crippen molar-refractivity contribution in [1.29, 1.82) is 0 Å². The molecule has 4 aromatic rings. The van der Waals surface area contributed by atoms with E-state index >= 15 is 0 Å². The Balaban J connectivity index is 1.87. The van der Waals surface area contributed by atoms with Gasteiger partial charge in [0.15, 0.2) is 0 Å². The highest BCUT2D eigenvalue weighted by Gasteiger charge is 2.23. The van der Waals surface area contributed by atoms with Gasteiger partial charge in [0.05, 0.1) is 6.26 Å². The van der Waals surface area contributed by atoms with Crippen LogP contribution in [0.5, 0.6) is 0 Å². The monoisotopic (exact) mass is 356 g/mol. The average molecular weight is 356 g/mol. The van der Waals surface area contributed by atoms with E-state index in [4.69, 9.17) is 4.42 Å². The van der Waals surface area contributed by atoms with Gasteiger partial charge in [-0.2, -0.15) is 0 Å². The minimum atomic E-state index is -0.617. The molecule has 0 spiro atoms. The van der Waals surface area contributed by atoms with Crippen LogP contribution in [0.4, 0.5) is 0 Å². The molecule has 0 fully saturated rings. The van der Waals surface area contributed by atoms with Gasteiger partial charge in [-0.05, 0) is 41.5 Å². The predicted molar refractivity (Wildman–Crippen MR) is 111 cm³/mol. The Labute approximate surface area is 156 Å². The van der Waals surface area contributed by atoms with Crippen LogP contribution < -0.4 is 15.9 Å². The largest absolute Gasteiger partial charge is 0.469 e. The highest BCUT2D eigenvalue weighted by molar-refractivity contribution is 7.79. The Morgan fingerprint density at radius 1 is 0.654 bits per heavy atom. The maximum absolute atomic E-state index is 5.70. The van der Waals surface area contributed by atoms with Crippen LogP contribution in [0.1, 0.15) is 24.2 Å². The van der Waals surface area contributed by atoms with E-state index in [0.29, 0.717) is 0 Å². The third-order valence-corrected chi connectivity index (χ3v) is 7.16.